The molecule has 2 rings (SSSR count). The third kappa shape index (κ3) is 2.64. The molecule has 1 saturated carbocycles. The van der Waals surface area contributed by atoms with E-state index in [1.165, 1.54) is 31.5 Å². The van der Waals surface area contributed by atoms with E-state index in [9.17, 15) is 0 Å². The number of aryl methyl sites for hydroxylation is 1. The van der Waals surface area contributed by atoms with Crippen molar-refractivity contribution in [3.05, 3.63) is 17.7 Å². The number of hydrogen-bond acceptors (Lipinski definition) is 2. The van der Waals surface area contributed by atoms with E-state index < -0.39 is 0 Å². The highest BCUT2D eigenvalue weighted by Gasteiger charge is 2.17. The van der Waals surface area contributed by atoms with Crippen molar-refractivity contribution in [1.29, 1.82) is 0 Å². The monoisotopic (exact) mass is 221 g/mol. The number of aromatic nitrogens is 2. The summed E-state index contributed by atoms with van der Waals surface area (Å²) in [6.45, 7) is 8.68. The van der Waals surface area contributed by atoms with Gasteiger partial charge in [0.1, 0.15) is 0 Å². The molecule has 1 aliphatic rings. The van der Waals surface area contributed by atoms with Gasteiger partial charge in [-0.2, -0.15) is 0 Å². The van der Waals surface area contributed by atoms with Crippen LogP contribution in [-0.2, 0) is 6.54 Å². The lowest BCUT2D eigenvalue weighted by Crippen LogP contribution is -2.36. The van der Waals surface area contributed by atoms with Gasteiger partial charge in [0.25, 0.3) is 0 Å². The van der Waals surface area contributed by atoms with E-state index in [4.69, 9.17) is 0 Å². The second-order valence-corrected chi connectivity index (χ2v) is 5.17. The van der Waals surface area contributed by atoms with Crippen LogP contribution < -0.4 is 5.32 Å². The van der Waals surface area contributed by atoms with Crippen LogP contribution in [0.25, 0.3) is 0 Å². The third-order valence-electron chi connectivity index (χ3n) is 3.80. The van der Waals surface area contributed by atoms with Crippen LogP contribution in [0.3, 0.4) is 0 Å². The zero-order valence-electron chi connectivity index (χ0n) is 10.7. The van der Waals surface area contributed by atoms with Crippen molar-refractivity contribution in [1.82, 2.24) is 14.9 Å². The highest BCUT2D eigenvalue weighted by molar-refractivity contribution is 5.08. The van der Waals surface area contributed by atoms with Crippen LogP contribution in [0.2, 0.25) is 0 Å². The van der Waals surface area contributed by atoms with Crippen LogP contribution in [0.1, 0.15) is 37.6 Å². The molecule has 0 aliphatic heterocycles. The lowest BCUT2D eigenvalue weighted by Gasteiger charge is -2.27. The molecule has 90 valence electrons. The minimum absolute atomic E-state index is 0.535. The first kappa shape index (κ1) is 11.6. The van der Waals surface area contributed by atoms with Gasteiger partial charge in [-0.05, 0) is 46.1 Å². The van der Waals surface area contributed by atoms with Gasteiger partial charge in [0.05, 0.1) is 12.0 Å². The van der Waals surface area contributed by atoms with E-state index in [0.717, 1.165) is 18.2 Å². The smallest absolute Gasteiger partial charge is 0.0951 e. The Bertz CT molecular complexity index is 339. The summed E-state index contributed by atoms with van der Waals surface area (Å²) in [4.78, 5) is 4.33. The van der Waals surface area contributed by atoms with Crippen molar-refractivity contribution in [2.45, 2.75) is 52.6 Å². The Morgan fingerprint density at radius 1 is 1.50 bits per heavy atom. The SMILES string of the molecule is Cc1ncn(CC(C)NCC2CCC2)c1C. The van der Waals surface area contributed by atoms with E-state index in [1.54, 1.807) is 0 Å². The lowest BCUT2D eigenvalue weighted by atomic mass is 9.85. The molecule has 3 heteroatoms. The highest BCUT2D eigenvalue weighted by Crippen LogP contribution is 2.25. The molecule has 1 atom stereocenters. The molecular weight excluding hydrogens is 198 g/mol. The predicted octanol–water partition coefficient (Wildman–Crippen LogP) is 2.28. The Hall–Kier alpha value is -0.830. The Morgan fingerprint density at radius 2 is 2.25 bits per heavy atom. The molecule has 0 spiro atoms. The van der Waals surface area contributed by atoms with Gasteiger partial charge >= 0.3 is 0 Å². The van der Waals surface area contributed by atoms with Crippen LogP contribution >= 0.6 is 0 Å². The molecule has 1 aromatic rings. The maximum Gasteiger partial charge on any atom is 0.0951 e. The molecule has 1 aliphatic carbocycles. The summed E-state index contributed by atoms with van der Waals surface area (Å²) < 4.78 is 2.24. The number of nitrogens with one attached hydrogen (secondary N) is 1. The minimum atomic E-state index is 0.535. The molecule has 1 N–H and O–H groups in total. The Labute approximate surface area is 98.3 Å². The fourth-order valence-electron chi connectivity index (χ4n) is 2.15. The summed E-state index contributed by atoms with van der Waals surface area (Å²) in [7, 11) is 0. The van der Waals surface area contributed by atoms with Crippen LogP contribution in [0, 0.1) is 19.8 Å². The zero-order valence-corrected chi connectivity index (χ0v) is 10.7. The molecule has 0 radical (unpaired) electrons. The molecule has 16 heavy (non-hydrogen) atoms. The topological polar surface area (TPSA) is 29.9 Å². The summed E-state index contributed by atoms with van der Waals surface area (Å²) in [5.74, 6) is 0.938. The Kier molecular flexibility index (Phi) is 3.64. The van der Waals surface area contributed by atoms with Crippen molar-refractivity contribution in [3.63, 3.8) is 0 Å². The average Bonchev–Trinajstić information content (AvgIpc) is 2.47. The first-order valence-corrected chi connectivity index (χ1v) is 6.38. The standard InChI is InChI=1S/C13H23N3/c1-10(14-7-13-5-4-6-13)8-16-9-15-11(2)12(16)3/h9-10,13-14H,4-8H2,1-3H3. The molecule has 0 aromatic carbocycles. The van der Waals surface area contributed by atoms with Crippen molar-refractivity contribution < 1.29 is 0 Å². The summed E-state index contributed by atoms with van der Waals surface area (Å²) in [5.41, 5.74) is 2.43. The largest absolute Gasteiger partial charge is 0.333 e. The van der Waals surface area contributed by atoms with Crippen LogP contribution in [-0.4, -0.2) is 22.1 Å². The molecule has 1 aromatic heterocycles. The molecule has 0 saturated heterocycles. The van der Waals surface area contributed by atoms with Gasteiger partial charge in [-0.15, -0.1) is 0 Å². The summed E-state index contributed by atoms with van der Waals surface area (Å²) >= 11 is 0. The van der Waals surface area contributed by atoms with Gasteiger partial charge in [-0.1, -0.05) is 6.42 Å². The van der Waals surface area contributed by atoms with Gasteiger partial charge in [-0.25, -0.2) is 4.98 Å². The molecular formula is C13H23N3. The van der Waals surface area contributed by atoms with E-state index in [2.05, 4.69) is 35.6 Å². The van der Waals surface area contributed by atoms with Gasteiger partial charge < -0.3 is 9.88 Å². The second-order valence-electron chi connectivity index (χ2n) is 5.17. The van der Waals surface area contributed by atoms with Crippen molar-refractivity contribution >= 4 is 0 Å². The normalized spacial score (nSPS) is 18.4. The van der Waals surface area contributed by atoms with Gasteiger partial charge in [-0.3, -0.25) is 0 Å². The highest BCUT2D eigenvalue weighted by atomic mass is 15.1. The number of rotatable bonds is 5. The van der Waals surface area contributed by atoms with E-state index in [0.29, 0.717) is 6.04 Å². The maximum atomic E-state index is 4.33. The summed E-state index contributed by atoms with van der Waals surface area (Å²) in [6, 6.07) is 0.535. The molecule has 0 bridgehead atoms. The molecule has 3 nitrogen and oxygen atoms in total. The van der Waals surface area contributed by atoms with Gasteiger partial charge in [0, 0.05) is 18.3 Å². The molecule has 0 amide bonds. The van der Waals surface area contributed by atoms with Crippen molar-refractivity contribution in [2.75, 3.05) is 6.54 Å². The van der Waals surface area contributed by atoms with E-state index in [1.807, 2.05) is 6.33 Å². The number of imidazole rings is 1. The van der Waals surface area contributed by atoms with E-state index in [-0.39, 0.29) is 0 Å². The first-order valence-electron chi connectivity index (χ1n) is 6.38. The van der Waals surface area contributed by atoms with Gasteiger partial charge in [0.2, 0.25) is 0 Å². The maximum absolute atomic E-state index is 4.33. The van der Waals surface area contributed by atoms with Crippen molar-refractivity contribution in [3.8, 4) is 0 Å². The molecule has 1 heterocycles. The fourth-order valence-corrected chi connectivity index (χ4v) is 2.15. The fraction of sp³-hybridized carbons (Fsp3) is 0.769. The second kappa shape index (κ2) is 5.00. The minimum Gasteiger partial charge on any atom is -0.333 e. The number of nitrogens with zero attached hydrogens (tertiary/aromatic N) is 2. The van der Waals surface area contributed by atoms with Crippen LogP contribution in [0.5, 0.6) is 0 Å². The average molecular weight is 221 g/mol. The third-order valence-corrected chi connectivity index (χ3v) is 3.80. The van der Waals surface area contributed by atoms with E-state index >= 15 is 0 Å². The van der Waals surface area contributed by atoms with Crippen LogP contribution in [0.15, 0.2) is 6.33 Å². The predicted molar refractivity (Wildman–Crippen MR) is 66.5 cm³/mol. The van der Waals surface area contributed by atoms with Crippen LogP contribution in [0.4, 0.5) is 0 Å². The molecule has 1 fully saturated rings. The number of hydrogen-bond donors (Lipinski definition) is 1. The lowest BCUT2D eigenvalue weighted by molar-refractivity contribution is 0.286. The summed E-state index contributed by atoms with van der Waals surface area (Å²) in [6.07, 6.45) is 6.22. The first-order chi connectivity index (χ1) is 7.66. The zero-order chi connectivity index (χ0) is 11.5. The Morgan fingerprint density at radius 3 is 2.75 bits per heavy atom. The summed E-state index contributed by atoms with van der Waals surface area (Å²) in [5, 5.41) is 3.62. The molecule has 1 unspecified atom stereocenters. The van der Waals surface area contributed by atoms with Crippen molar-refractivity contribution in [2.24, 2.45) is 5.92 Å². The Balaban J connectivity index is 1.77. The van der Waals surface area contributed by atoms with Gasteiger partial charge in [0.15, 0.2) is 0 Å². The quantitative estimate of drug-likeness (QED) is 0.826.